The van der Waals surface area contributed by atoms with E-state index in [1.165, 1.54) is 12.8 Å². The Hall–Kier alpha value is -1.09. The van der Waals surface area contributed by atoms with Crippen LogP contribution in [-0.4, -0.2) is 23.8 Å². The third-order valence-corrected chi connectivity index (χ3v) is 2.82. The Bertz CT molecular complexity index is 353. The minimum atomic E-state index is 0.426. The molecule has 0 atom stereocenters. The van der Waals surface area contributed by atoms with Crippen molar-refractivity contribution in [3.8, 4) is 0 Å². The first-order valence-electron chi connectivity index (χ1n) is 5.97. The number of furan rings is 1. The summed E-state index contributed by atoms with van der Waals surface area (Å²) in [6.45, 7) is 6.39. The molecule has 0 bridgehead atoms. The van der Waals surface area contributed by atoms with Crippen LogP contribution in [0.25, 0.3) is 0 Å². The monoisotopic (exact) mass is 221 g/mol. The van der Waals surface area contributed by atoms with E-state index in [0.717, 1.165) is 31.2 Å². The van der Waals surface area contributed by atoms with Gasteiger partial charge in [0.15, 0.2) is 12.0 Å². The van der Waals surface area contributed by atoms with Crippen LogP contribution in [0.4, 0.5) is 0 Å². The molecule has 0 amide bonds. The molecule has 88 valence electrons. The zero-order chi connectivity index (χ0) is 11.5. The Labute approximate surface area is 96.4 Å². The quantitative estimate of drug-likeness (QED) is 0.692. The fourth-order valence-corrected chi connectivity index (χ4v) is 1.99. The Morgan fingerprint density at radius 3 is 2.75 bits per heavy atom. The van der Waals surface area contributed by atoms with Gasteiger partial charge in [-0.3, -0.25) is 9.69 Å². The summed E-state index contributed by atoms with van der Waals surface area (Å²) in [4.78, 5) is 13.0. The number of hydrogen-bond donors (Lipinski definition) is 0. The fourth-order valence-electron chi connectivity index (χ4n) is 1.99. The van der Waals surface area contributed by atoms with Gasteiger partial charge in [0, 0.05) is 12.6 Å². The SMILES string of the molecule is CC(C)CN(Cc1ccc(C=O)o1)C1CC1. The van der Waals surface area contributed by atoms with E-state index in [1.54, 1.807) is 6.07 Å². The smallest absolute Gasteiger partial charge is 0.185 e. The normalized spacial score (nSPS) is 16.0. The lowest BCUT2D eigenvalue weighted by Gasteiger charge is -2.22. The standard InChI is InChI=1S/C13H19NO2/c1-10(2)7-14(11-3-4-11)8-12-5-6-13(9-15)16-12/h5-6,9-11H,3-4,7-8H2,1-2H3. The van der Waals surface area contributed by atoms with E-state index in [-0.39, 0.29) is 0 Å². The van der Waals surface area contributed by atoms with E-state index >= 15 is 0 Å². The third kappa shape index (κ3) is 2.95. The van der Waals surface area contributed by atoms with Crippen molar-refractivity contribution < 1.29 is 9.21 Å². The molecular formula is C13H19NO2. The van der Waals surface area contributed by atoms with E-state index in [1.807, 2.05) is 6.07 Å². The molecule has 16 heavy (non-hydrogen) atoms. The van der Waals surface area contributed by atoms with Crippen LogP contribution in [-0.2, 0) is 6.54 Å². The van der Waals surface area contributed by atoms with Gasteiger partial charge in [-0.1, -0.05) is 13.8 Å². The minimum Gasteiger partial charge on any atom is -0.457 e. The van der Waals surface area contributed by atoms with Crippen LogP contribution < -0.4 is 0 Å². The first-order chi connectivity index (χ1) is 7.69. The van der Waals surface area contributed by atoms with Crippen molar-refractivity contribution in [2.75, 3.05) is 6.54 Å². The second kappa shape index (κ2) is 4.83. The predicted octanol–water partition coefficient (Wildman–Crippen LogP) is 2.71. The molecule has 1 aliphatic rings. The number of carbonyl (C=O) groups is 1. The molecule has 1 aliphatic carbocycles. The van der Waals surface area contributed by atoms with Gasteiger partial charge in [-0.25, -0.2) is 0 Å². The Kier molecular flexibility index (Phi) is 3.44. The number of carbonyl (C=O) groups excluding carboxylic acids is 1. The van der Waals surface area contributed by atoms with Crippen LogP contribution in [0.1, 0.15) is 43.0 Å². The maximum Gasteiger partial charge on any atom is 0.185 e. The van der Waals surface area contributed by atoms with Gasteiger partial charge in [-0.2, -0.15) is 0 Å². The van der Waals surface area contributed by atoms with Crippen LogP contribution in [0.2, 0.25) is 0 Å². The highest BCUT2D eigenvalue weighted by Crippen LogP contribution is 2.29. The van der Waals surface area contributed by atoms with E-state index in [9.17, 15) is 4.79 Å². The molecule has 0 spiro atoms. The number of aldehydes is 1. The van der Waals surface area contributed by atoms with Gasteiger partial charge in [0.25, 0.3) is 0 Å². The zero-order valence-electron chi connectivity index (χ0n) is 9.98. The summed E-state index contributed by atoms with van der Waals surface area (Å²) >= 11 is 0. The van der Waals surface area contributed by atoms with Gasteiger partial charge in [-0.15, -0.1) is 0 Å². The minimum absolute atomic E-state index is 0.426. The fraction of sp³-hybridized carbons (Fsp3) is 0.615. The summed E-state index contributed by atoms with van der Waals surface area (Å²) < 4.78 is 5.41. The van der Waals surface area contributed by atoms with E-state index in [2.05, 4.69) is 18.7 Å². The Balaban J connectivity index is 1.96. The lowest BCUT2D eigenvalue weighted by molar-refractivity contribution is 0.109. The molecule has 0 saturated heterocycles. The van der Waals surface area contributed by atoms with Crippen LogP contribution in [0.3, 0.4) is 0 Å². The first kappa shape index (κ1) is 11.4. The molecule has 0 aromatic carbocycles. The van der Waals surface area contributed by atoms with Crippen molar-refractivity contribution in [2.45, 2.75) is 39.3 Å². The second-order valence-corrected chi connectivity index (χ2v) is 4.98. The molecule has 1 aromatic rings. The van der Waals surface area contributed by atoms with Crippen molar-refractivity contribution in [1.82, 2.24) is 4.90 Å². The molecule has 0 radical (unpaired) electrons. The van der Waals surface area contributed by atoms with Gasteiger partial charge in [0.2, 0.25) is 0 Å². The van der Waals surface area contributed by atoms with Crippen molar-refractivity contribution in [3.05, 3.63) is 23.7 Å². The van der Waals surface area contributed by atoms with Crippen LogP contribution >= 0.6 is 0 Å². The molecule has 2 rings (SSSR count). The predicted molar refractivity (Wildman–Crippen MR) is 62.4 cm³/mol. The molecule has 3 nitrogen and oxygen atoms in total. The van der Waals surface area contributed by atoms with Crippen LogP contribution in [0.15, 0.2) is 16.5 Å². The molecule has 0 N–H and O–H groups in total. The van der Waals surface area contributed by atoms with Gasteiger partial charge in [0.1, 0.15) is 5.76 Å². The Morgan fingerprint density at radius 2 is 2.25 bits per heavy atom. The molecule has 0 unspecified atom stereocenters. The summed E-state index contributed by atoms with van der Waals surface area (Å²) in [5.41, 5.74) is 0. The van der Waals surface area contributed by atoms with Gasteiger partial charge in [0.05, 0.1) is 6.54 Å². The average molecular weight is 221 g/mol. The largest absolute Gasteiger partial charge is 0.457 e. The topological polar surface area (TPSA) is 33.5 Å². The molecular weight excluding hydrogens is 202 g/mol. The highest BCUT2D eigenvalue weighted by atomic mass is 16.3. The molecule has 1 saturated carbocycles. The highest BCUT2D eigenvalue weighted by Gasteiger charge is 2.29. The zero-order valence-corrected chi connectivity index (χ0v) is 9.98. The molecule has 0 aliphatic heterocycles. The highest BCUT2D eigenvalue weighted by molar-refractivity contribution is 5.70. The van der Waals surface area contributed by atoms with Gasteiger partial charge < -0.3 is 4.42 Å². The lowest BCUT2D eigenvalue weighted by Crippen LogP contribution is -2.29. The number of nitrogens with zero attached hydrogens (tertiary/aromatic N) is 1. The summed E-state index contributed by atoms with van der Waals surface area (Å²) in [7, 11) is 0. The third-order valence-electron chi connectivity index (χ3n) is 2.82. The number of rotatable bonds is 6. The summed E-state index contributed by atoms with van der Waals surface area (Å²) in [5.74, 6) is 1.99. The van der Waals surface area contributed by atoms with E-state index in [0.29, 0.717) is 11.7 Å². The van der Waals surface area contributed by atoms with E-state index in [4.69, 9.17) is 4.42 Å². The van der Waals surface area contributed by atoms with E-state index < -0.39 is 0 Å². The second-order valence-electron chi connectivity index (χ2n) is 4.98. The molecule has 1 heterocycles. The maximum absolute atomic E-state index is 10.5. The van der Waals surface area contributed by atoms with Gasteiger partial charge in [-0.05, 0) is 30.9 Å². The lowest BCUT2D eigenvalue weighted by atomic mass is 10.2. The summed E-state index contributed by atoms with van der Waals surface area (Å²) in [5, 5.41) is 0. The van der Waals surface area contributed by atoms with Crippen molar-refractivity contribution in [3.63, 3.8) is 0 Å². The van der Waals surface area contributed by atoms with Crippen molar-refractivity contribution in [1.29, 1.82) is 0 Å². The van der Waals surface area contributed by atoms with Crippen molar-refractivity contribution >= 4 is 6.29 Å². The molecule has 1 aromatic heterocycles. The molecule has 1 fully saturated rings. The summed E-state index contributed by atoms with van der Waals surface area (Å²) in [6, 6.07) is 4.37. The summed E-state index contributed by atoms with van der Waals surface area (Å²) in [6.07, 6.45) is 3.36. The van der Waals surface area contributed by atoms with Crippen molar-refractivity contribution in [2.24, 2.45) is 5.92 Å². The van der Waals surface area contributed by atoms with Gasteiger partial charge >= 0.3 is 0 Å². The Morgan fingerprint density at radius 1 is 1.50 bits per heavy atom. The number of hydrogen-bond acceptors (Lipinski definition) is 3. The maximum atomic E-state index is 10.5. The van der Waals surface area contributed by atoms with Crippen LogP contribution in [0, 0.1) is 5.92 Å². The first-order valence-corrected chi connectivity index (χ1v) is 5.97. The van der Waals surface area contributed by atoms with Crippen LogP contribution in [0.5, 0.6) is 0 Å². The molecule has 3 heteroatoms. The average Bonchev–Trinajstić information content (AvgIpc) is 2.98.